The normalized spacial score (nSPS) is 12.8. The van der Waals surface area contributed by atoms with Gasteiger partial charge in [0.05, 0.1) is 6.04 Å². The van der Waals surface area contributed by atoms with Gasteiger partial charge in [-0.1, -0.05) is 32.7 Å². The van der Waals surface area contributed by atoms with Gasteiger partial charge >= 0.3 is 0 Å². The van der Waals surface area contributed by atoms with Crippen molar-refractivity contribution in [2.75, 3.05) is 0 Å². The number of benzene rings is 1. The van der Waals surface area contributed by atoms with E-state index in [-0.39, 0.29) is 6.04 Å². The second-order valence-corrected chi connectivity index (χ2v) is 4.82. The fraction of sp³-hybridized carbons (Fsp3) is 0.182. The van der Waals surface area contributed by atoms with E-state index in [0.717, 1.165) is 15.7 Å². The van der Waals surface area contributed by atoms with Crippen molar-refractivity contribution in [3.63, 3.8) is 0 Å². The summed E-state index contributed by atoms with van der Waals surface area (Å²) in [5.74, 6) is 0.655. The molecule has 1 aromatic heterocycles. The Balaban J connectivity index is 2.46. The van der Waals surface area contributed by atoms with Gasteiger partial charge in [-0.15, -0.1) is 0 Å². The second kappa shape index (κ2) is 4.57. The van der Waals surface area contributed by atoms with Gasteiger partial charge in [0.2, 0.25) is 0 Å². The van der Waals surface area contributed by atoms with Crippen LogP contribution in [0.1, 0.15) is 18.7 Å². The molecule has 0 bridgehead atoms. The number of halogens is 2. The molecule has 84 valence electrons. The van der Waals surface area contributed by atoms with Gasteiger partial charge in [-0.25, -0.2) is 0 Å². The molecule has 0 spiro atoms. The Labute approximate surface area is 107 Å². The van der Waals surface area contributed by atoms with Crippen LogP contribution in [0.3, 0.4) is 0 Å². The summed E-state index contributed by atoms with van der Waals surface area (Å²) in [5, 5.41) is 4.62. The number of rotatable bonds is 2. The van der Waals surface area contributed by atoms with Crippen LogP contribution in [0.4, 0.5) is 0 Å². The average Bonchev–Trinajstić information content (AvgIpc) is 2.70. The summed E-state index contributed by atoms with van der Waals surface area (Å²) in [6.45, 7) is 1.84. The van der Waals surface area contributed by atoms with Crippen LogP contribution < -0.4 is 5.73 Å². The van der Waals surface area contributed by atoms with Crippen LogP contribution in [0.15, 0.2) is 33.3 Å². The highest BCUT2D eigenvalue weighted by molar-refractivity contribution is 9.10. The molecule has 1 unspecified atom stereocenters. The molecule has 1 heterocycles. The largest absolute Gasteiger partial charge is 0.359 e. The third-order valence-corrected chi connectivity index (χ3v) is 3.11. The Morgan fingerprint density at radius 1 is 1.44 bits per heavy atom. The monoisotopic (exact) mass is 300 g/mol. The van der Waals surface area contributed by atoms with Crippen molar-refractivity contribution in [2.45, 2.75) is 13.0 Å². The summed E-state index contributed by atoms with van der Waals surface area (Å²) in [6.07, 6.45) is 0. The van der Waals surface area contributed by atoms with Crippen LogP contribution in [0.2, 0.25) is 5.02 Å². The van der Waals surface area contributed by atoms with Crippen LogP contribution >= 0.6 is 27.5 Å². The maximum Gasteiger partial charge on any atom is 0.153 e. The maximum absolute atomic E-state index is 5.93. The summed E-state index contributed by atoms with van der Waals surface area (Å²) < 4.78 is 6.05. The lowest BCUT2D eigenvalue weighted by Crippen LogP contribution is -2.02. The molecule has 1 atom stereocenters. The Kier molecular flexibility index (Phi) is 3.33. The highest BCUT2D eigenvalue weighted by Gasteiger charge is 2.12. The predicted octanol–water partition coefficient (Wildman–Crippen LogP) is 3.78. The van der Waals surface area contributed by atoms with Crippen molar-refractivity contribution >= 4 is 27.5 Å². The molecule has 0 saturated carbocycles. The molecule has 2 N–H and O–H groups in total. The molecule has 5 heteroatoms. The molecule has 0 saturated heterocycles. The van der Waals surface area contributed by atoms with E-state index in [2.05, 4.69) is 21.1 Å². The van der Waals surface area contributed by atoms with Gasteiger partial charge in [-0.2, -0.15) is 0 Å². The molecule has 0 amide bonds. The van der Waals surface area contributed by atoms with E-state index in [4.69, 9.17) is 21.9 Å². The lowest BCUT2D eigenvalue weighted by Gasteiger charge is -2.00. The molecule has 16 heavy (non-hydrogen) atoms. The minimum Gasteiger partial charge on any atom is -0.359 e. The van der Waals surface area contributed by atoms with E-state index in [1.807, 2.05) is 31.2 Å². The highest BCUT2D eigenvalue weighted by Crippen LogP contribution is 2.31. The van der Waals surface area contributed by atoms with Crippen LogP contribution in [-0.4, -0.2) is 5.16 Å². The average molecular weight is 302 g/mol. The topological polar surface area (TPSA) is 52.0 Å². The molecule has 1 aromatic carbocycles. The van der Waals surface area contributed by atoms with Crippen molar-refractivity contribution in [3.05, 3.63) is 39.5 Å². The first-order valence-electron chi connectivity index (χ1n) is 4.75. The zero-order valence-corrected chi connectivity index (χ0v) is 10.9. The lowest BCUT2D eigenvalue weighted by atomic mass is 10.1. The molecule has 0 aliphatic carbocycles. The van der Waals surface area contributed by atoms with Crippen molar-refractivity contribution < 1.29 is 4.52 Å². The van der Waals surface area contributed by atoms with E-state index in [1.165, 1.54) is 0 Å². The molecule has 2 aromatic rings. The highest BCUT2D eigenvalue weighted by atomic mass is 79.9. The van der Waals surface area contributed by atoms with E-state index < -0.39 is 0 Å². The van der Waals surface area contributed by atoms with E-state index in [9.17, 15) is 0 Å². The van der Waals surface area contributed by atoms with Crippen molar-refractivity contribution in [1.82, 2.24) is 5.16 Å². The Morgan fingerprint density at radius 3 is 2.81 bits per heavy atom. The van der Waals surface area contributed by atoms with Crippen molar-refractivity contribution in [3.8, 4) is 11.3 Å². The first-order chi connectivity index (χ1) is 7.58. The molecule has 0 radical (unpaired) electrons. The predicted molar refractivity (Wildman–Crippen MR) is 67.3 cm³/mol. The number of nitrogens with zero attached hydrogens (tertiary/aromatic N) is 1. The molecule has 0 aliphatic heterocycles. The summed E-state index contributed by atoms with van der Waals surface area (Å²) in [6, 6.07) is 7.16. The van der Waals surface area contributed by atoms with Gasteiger partial charge in [-0.05, 0) is 25.1 Å². The fourth-order valence-corrected chi connectivity index (χ4v) is 1.95. The third kappa shape index (κ3) is 2.29. The smallest absolute Gasteiger partial charge is 0.153 e. The first kappa shape index (κ1) is 11.6. The minimum atomic E-state index is -0.167. The van der Waals surface area contributed by atoms with Crippen LogP contribution in [0.25, 0.3) is 11.3 Å². The van der Waals surface area contributed by atoms with Gasteiger partial charge in [0, 0.05) is 21.1 Å². The number of hydrogen-bond donors (Lipinski definition) is 1. The standard InChI is InChI=1S/C11H10BrClN2O/c1-6(14)11-5-10(15-16-11)8-4-7(13)2-3-9(8)12/h2-6H,14H2,1H3. The molecule has 0 fully saturated rings. The van der Waals surface area contributed by atoms with E-state index in [1.54, 1.807) is 0 Å². The summed E-state index contributed by atoms with van der Waals surface area (Å²) in [4.78, 5) is 0. The molecular weight excluding hydrogens is 291 g/mol. The number of nitrogens with two attached hydrogens (primary N) is 1. The zero-order chi connectivity index (χ0) is 11.7. The second-order valence-electron chi connectivity index (χ2n) is 3.53. The van der Waals surface area contributed by atoms with Crippen molar-refractivity contribution in [1.29, 1.82) is 0 Å². The third-order valence-electron chi connectivity index (χ3n) is 2.18. The SMILES string of the molecule is CC(N)c1cc(-c2cc(Cl)ccc2Br)no1. The van der Waals surface area contributed by atoms with Crippen LogP contribution in [-0.2, 0) is 0 Å². The zero-order valence-electron chi connectivity index (χ0n) is 8.58. The van der Waals surface area contributed by atoms with Crippen LogP contribution in [0, 0.1) is 0 Å². The Morgan fingerprint density at radius 2 is 2.19 bits per heavy atom. The Hall–Kier alpha value is -0.840. The minimum absolute atomic E-state index is 0.167. The van der Waals surface area contributed by atoms with E-state index >= 15 is 0 Å². The number of hydrogen-bond acceptors (Lipinski definition) is 3. The lowest BCUT2D eigenvalue weighted by molar-refractivity contribution is 0.369. The fourth-order valence-electron chi connectivity index (χ4n) is 1.32. The van der Waals surface area contributed by atoms with E-state index in [0.29, 0.717) is 10.8 Å². The van der Waals surface area contributed by atoms with Crippen LogP contribution in [0.5, 0.6) is 0 Å². The van der Waals surface area contributed by atoms with Crippen molar-refractivity contribution in [2.24, 2.45) is 5.73 Å². The Bertz CT molecular complexity index is 510. The van der Waals surface area contributed by atoms with Gasteiger partial charge in [0.15, 0.2) is 5.76 Å². The van der Waals surface area contributed by atoms with Gasteiger partial charge in [0.25, 0.3) is 0 Å². The summed E-state index contributed by atoms with van der Waals surface area (Å²) in [7, 11) is 0. The van der Waals surface area contributed by atoms with Gasteiger partial charge in [0.1, 0.15) is 5.69 Å². The summed E-state index contributed by atoms with van der Waals surface area (Å²) in [5.41, 5.74) is 7.32. The quantitative estimate of drug-likeness (QED) is 0.918. The molecule has 0 aliphatic rings. The number of aromatic nitrogens is 1. The molecular formula is C11H10BrClN2O. The molecule has 2 rings (SSSR count). The maximum atomic E-state index is 5.93. The van der Waals surface area contributed by atoms with Gasteiger partial charge in [-0.3, -0.25) is 0 Å². The first-order valence-corrected chi connectivity index (χ1v) is 5.92. The molecule has 3 nitrogen and oxygen atoms in total. The van der Waals surface area contributed by atoms with Gasteiger partial charge < -0.3 is 10.3 Å². The summed E-state index contributed by atoms with van der Waals surface area (Å²) >= 11 is 9.37.